The monoisotopic (exact) mass is 443 g/mol. The molecule has 1 atom stereocenters. The molecule has 1 N–H and O–H groups in total. The van der Waals surface area contributed by atoms with Gasteiger partial charge in [-0.2, -0.15) is 0 Å². The van der Waals surface area contributed by atoms with Crippen molar-refractivity contribution in [1.82, 2.24) is 0 Å². The van der Waals surface area contributed by atoms with Gasteiger partial charge in [-0.15, -0.1) is 12.6 Å². The second-order valence-corrected chi connectivity index (χ2v) is 10.7. The molecule has 5 nitrogen and oxygen atoms in total. The molecular weight excluding hydrogens is 406 g/mol. The van der Waals surface area contributed by atoms with Crippen LogP contribution in [0.15, 0.2) is 18.2 Å². The molecule has 7 heteroatoms. The number of thiol groups is 1. The Bertz CT molecular complexity index is 719. The van der Waals surface area contributed by atoms with Crippen LogP contribution in [-0.2, 0) is 19.6 Å². The molecule has 1 rings (SSSR count). The van der Waals surface area contributed by atoms with Crippen LogP contribution in [-0.4, -0.2) is 25.6 Å². The summed E-state index contributed by atoms with van der Waals surface area (Å²) in [6, 6.07) is 5.73. The topological polar surface area (TPSA) is 72.5 Å². The molecule has 0 bridgehead atoms. The Morgan fingerprint density at radius 1 is 1.00 bits per heavy atom. The van der Waals surface area contributed by atoms with Gasteiger partial charge in [-0.25, -0.2) is 13.2 Å². The lowest BCUT2D eigenvalue weighted by molar-refractivity contribution is -0.141. The summed E-state index contributed by atoms with van der Waals surface area (Å²) in [5, 5.41) is 0. The van der Waals surface area contributed by atoms with Gasteiger partial charge < -0.3 is 4.74 Å². The Hall–Kier alpha value is -1.21. The predicted molar refractivity (Wildman–Crippen MR) is 124 cm³/mol. The third-order valence-electron chi connectivity index (χ3n) is 4.86. The van der Waals surface area contributed by atoms with E-state index in [4.69, 9.17) is 4.74 Å². The molecule has 1 unspecified atom stereocenters. The SMILES string of the molecule is CCCCCCCCOC(=O)C(S)S(=O)(=O)Nc1c(C(C)C)cccc1C(C)C. The number of carbonyl (C=O) groups excluding carboxylic acids is 1. The van der Waals surface area contributed by atoms with E-state index in [0.717, 1.165) is 30.4 Å². The number of hydrogen-bond donors (Lipinski definition) is 2. The van der Waals surface area contributed by atoms with Crippen LogP contribution in [0.2, 0.25) is 0 Å². The van der Waals surface area contributed by atoms with Crippen LogP contribution in [0.1, 0.15) is 96.1 Å². The minimum Gasteiger partial charge on any atom is -0.464 e. The number of sulfonamides is 1. The molecule has 0 saturated heterocycles. The Morgan fingerprint density at radius 2 is 1.52 bits per heavy atom. The van der Waals surface area contributed by atoms with Crippen molar-refractivity contribution >= 4 is 34.3 Å². The number of ether oxygens (including phenoxy) is 1. The molecule has 0 spiro atoms. The molecule has 0 fully saturated rings. The summed E-state index contributed by atoms with van der Waals surface area (Å²) in [5.41, 5.74) is 2.32. The number of unbranched alkanes of at least 4 members (excludes halogenated alkanes) is 5. The maximum atomic E-state index is 12.8. The van der Waals surface area contributed by atoms with Gasteiger partial charge in [-0.3, -0.25) is 4.72 Å². The van der Waals surface area contributed by atoms with Crippen LogP contribution in [0.25, 0.3) is 0 Å². The molecular formula is C22H37NO4S2. The molecule has 0 aromatic heterocycles. The second kappa shape index (κ2) is 12.5. The van der Waals surface area contributed by atoms with E-state index in [1.165, 1.54) is 19.3 Å². The summed E-state index contributed by atoms with van der Waals surface area (Å²) in [4.78, 5) is 12.2. The van der Waals surface area contributed by atoms with E-state index < -0.39 is 20.6 Å². The van der Waals surface area contributed by atoms with Crippen molar-refractivity contribution in [3.63, 3.8) is 0 Å². The van der Waals surface area contributed by atoms with Crippen LogP contribution in [0, 0.1) is 0 Å². The fourth-order valence-electron chi connectivity index (χ4n) is 3.12. The lowest BCUT2D eigenvalue weighted by atomic mass is 9.93. The van der Waals surface area contributed by atoms with Gasteiger partial charge in [0.2, 0.25) is 4.58 Å². The summed E-state index contributed by atoms with van der Waals surface area (Å²) in [6.45, 7) is 10.4. The van der Waals surface area contributed by atoms with Crippen LogP contribution in [0.5, 0.6) is 0 Å². The minimum atomic E-state index is -4.04. The molecule has 0 saturated carbocycles. The number of anilines is 1. The number of esters is 1. The van der Waals surface area contributed by atoms with Crippen molar-refractivity contribution in [3.8, 4) is 0 Å². The number of para-hydroxylation sites is 1. The zero-order chi connectivity index (χ0) is 22.0. The molecule has 0 aliphatic carbocycles. The first-order chi connectivity index (χ1) is 13.6. The summed E-state index contributed by atoms with van der Waals surface area (Å²) >= 11 is 4.05. The lowest BCUT2D eigenvalue weighted by Crippen LogP contribution is -2.33. The normalized spacial score (nSPS) is 13.0. The average molecular weight is 444 g/mol. The van der Waals surface area contributed by atoms with Crippen molar-refractivity contribution in [2.75, 3.05) is 11.3 Å². The van der Waals surface area contributed by atoms with Crippen LogP contribution in [0.4, 0.5) is 5.69 Å². The molecule has 29 heavy (non-hydrogen) atoms. The van der Waals surface area contributed by atoms with Crippen molar-refractivity contribution < 1.29 is 17.9 Å². The first kappa shape index (κ1) is 25.8. The second-order valence-electron chi connectivity index (χ2n) is 8.06. The van der Waals surface area contributed by atoms with Crippen molar-refractivity contribution in [2.45, 2.75) is 89.6 Å². The van der Waals surface area contributed by atoms with E-state index in [1.54, 1.807) is 0 Å². The van der Waals surface area contributed by atoms with Gasteiger partial charge in [0.1, 0.15) is 0 Å². The van der Waals surface area contributed by atoms with E-state index in [9.17, 15) is 13.2 Å². The third kappa shape index (κ3) is 8.21. The highest BCUT2D eigenvalue weighted by atomic mass is 32.3. The van der Waals surface area contributed by atoms with Crippen LogP contribution >= 0.6 is 12.6 Å². The smallest absolute Gasteiger partial charge is 0.336 e. The van der Waals surface area contributed by atoms with E-state index in [2.05, 4.69) is 24.3 Å². The predicted octanol–water partition coefficient (Wildman–Crippen LogP) is 5.83. The number of hydrogen-bond acceptors (Lipinski definition) is 5. The highest BCUT2D eigenvalue weighted by Crippen LogP contribution is 2.33. The zero-order valence-corrected chi connectivity index (χ0v) is 20.1. The Labute approximate surface area is 182 Å². The van der Waals surface area contributed by atoms with Gasteiger partial charge in [0.05, 0.1) is 12.3 Å². The number of carbonyl (C=O) groups is 1. The summed E-state index contributed by atoms with van der Waals surface area (Å²) in [5.74, 6) is -0.573. The number of benzene rings is 1. The fraction of sp³-hybridized carbons (Fsp3) is 0.682. The maximum Gasteiger partial charge on any atom is 0.336 e. The molecule has 0 radical (unpaired) electrons. The molecule has 1 aromatic carbocycles. The van der Waals surface area contributed by atoms with E-state index in [0.29, 0.717) is 5.69 Å². The molecule has 0 aliphatic heterocycles. The molecule has 0 amide bonds. The summed E-state index contributed by atoms with van der Waals surface area (Å²) in [7, 11) is -4.04. The van der Waals surface area contributed by atoms with Gasteiger partial charge in [0, 0.05) is 0 Å². The number of rotatable bonds is 13. The lowest BCUT2D eigenvalue weighted by Gasteiger charge is -2.22. The summed E-state index contributed by atoms with van der Waals surface area (Å²) in [6.07, 6.45) is 6.36. The van der Waals surface area contributed by atoms with Crippen molar-refractivity contribution in [3.05, 3.63) is 29.3 Å². The fourth-order valence-corrected chi connectivity index (χ4v) is 4.31. The number of nitrogens with one attached hydrogen (secondary N) is 1. The van der Waals surface area contributed by atoms with Crippen LogP contribution in [0.3, 0.4) is 0 Å². The highest BCUT2D eigenvalue weighted by molar-refractivity contribution is 8.06. The molecule has 166 valence electrons. The van der Waals surface area contributed by atoms with Gasteiger partial charge in [0.25, 0.3) is 10.0 Å². The highest BCUT2D eigenvalue weighted by Gasteiger charge is 2.32. The minimum absolute atomic E-state index is 0.129. The van der Waals surface area contributed by atoms with Crippen molar-refractivity contribution in [1.29, 1.82) is 0 Å². The Balaban J connectivity index is 2.78. The average Bonchev–Trinajstić information content (AvgIpc) is 2.65. The first-order valence-electron chi connectivity index (χ1n) is 10.6. The van der Waals surface area contributed by atoms with Gasteiger partial charge in [0.15, 0.2) is 0 Å². The Kier molecular flexibility index (Phi) is 11.1. The van der Waals surface area contributed by atoms with E-state index in [-0.39, 0.29) is 18.4 Å². The van der Waals surface area contributed by atoms with E-state index >= 15 is 0 Å². The largest absolute Gasteiger partial charge is 0.464 e. The molecule has 1 aromatic rings. The quantitative estimate of drug-likeness (QED) is 0.228. The van der Waals surface area contributed by atoms with Crippen LogP contribution < -0.4 is 4.72 Å². The summed E-state index contributed by atoms with van der Waals surface area (Å²) < 4.78 is 31.8. The van der Waals surface area contributed by atoms with Crippen molar-refractivity contribution in [2.24, 2.45) is 0 Å². The first-order valence-corrected chi connectivity index (χ1v) is 12.7. The Morgan fingerprint density at radius 3 is 2.03 bits per heavy atom. The molecule has 0 heterocycles. The van der Waals surface area contributed by atoms with E-state index in [1.807, 2.05) is 45.9 Å². The van der Waals surface area contributed by atoms with Gasteiger partial charge in [-0.05, 0) is 29.4 Å². The van der Waals surface area contributed by atoms with Gasteiger partial charge >= 0.3 is 5.97 Å². The molecule has 0 aliphatic rings. The maximum absolute atomic E-state index is 12.8. The third-order valence-corrected chi connectivity index (χ3v) is 7.17. The van der Waals surface area contributed by atoms with Gasteiger partial charge in [-0.1, -0.05) is 84.9 Å². The standard InChI is InChI=1S/C22H37NO4S2/c1-6-7-8-9-10-11-15-27-21(24)22(28)29(25,26)23-20-18(16(2)3)13-12-14-19(20)17(4)5/h12-14,16-17,22-23,28H,6-11,15H2,1-5H3. The zero-order valence-electron chi connectivity index (χ0n) is 18.4.